The van der Waals surface area contributed by atoms with E-state index in [0.29, 0.717) is 23.8 Å². The minimum atomic E-state index is -0.528. The summed E-state index contributed by atoms with van der Waals surface area (Å²) in [7, 11) is 0. The second kappa shape index (κ2) is 11.0. The third-order valence-electron chi connectivity index (χ3n) is 4.39. The smallest absolute Gasteiger partial charge is 0.339 e. The van der Waals surface area contributed by atoms with Crippen LogP contribution < -0.4 is 5.32 Å². The summed E-state index contributed by atoms with van der Waals surface area (Å²) >= 11 is 7.37. The van der Waals surface area contributed by atoms with Gasteiger partial charge in [0, 0.05) is 18.7 Å². The van der Waals surface area contributed by atoms with E-state index in [1.54, 1.807) is 19.1 Å². The number of amides is 1. The molecule has 1 amide bonds. The highest BCUT2D eigenvalue weighted by Gasteiger charge is 2.16. The van der Waals surface area contributed by atoms with Crippen molar-refractivity contribution in [3.8, 4) is 0 Å². The van der Waals surface area contributed by atoms with Crippen molar-refractivity contribution in [3.05, 3.63) is 70.5 Å². The first-order chi connectivity index (χ1) is 15.0. The Hall–Kier alpha value is -2.84. The van der Waals surface area contributed by atoms with Gasteiger partial charge >= 0.3 is 5.97 Å². The predicted octanol–water partition coefficient (Wildman–Crippen LogP) is 4.45. The highest BCUT2D eigenvalue weighted by atomic mass is 35.5. The van der Waals surface area contributed by atoms with Gasteiger partial charge in [0.15, 0.2) is 5.16 Å². The van der Waals surface area contributed by atoms with Crippen LogP contribution in [0.2, 0.25) is 5.02 Å². The first kappa shape index (κ1) is 22.8. The molecule has 1 N–H and O–H groups in total. The number of halogens is 1. The van der Waals surface area contributed by atoms with Crippen LogP contribution in [-0.2, 0) is 22.5 Å². The van der Waals surface area contributed by atoms with Gasteiger partial charge in [0.2, 0.25) is 5.91 Å². The van der Waals surface area contributed by atoms with Crippen LogP contribution in [0.15, 0.2) is 53.7 Å². The van der Waals surface area contributed by atoms with Gasteiger partial charge in [0.05, 0.1) is 22.9 Å². The van der Waals surface area contributed by atoms with Gasteiger partial charge in [0.1, 0.15) is 5.82 Å². The van der Waals surface area contributed by atoms with Crippen LogP contribution in [-0.4, -0.2) is 39.0 Å². The Balaban J connectivity index is 1.62. The zero-order valence-corrected chi connectivity index (χ0v) is 18.9. The largest absolute Gasteiger partial charge is 0.462 e. The number of ether oxygens (including phenoxy) is 1. The van der Waals surface area contributed by atoms with Gasteiger partial charge in [-0.15, -0.1) is 10.2 Å². The first-order valence-electron chi connectivity index (χ1n) is 9.87. The maximum Gasteiger partial charge on any atom is 0.339 e. The van der Waals surface area contributed by atoms with Crippen molar-refractivity contribution in [2.75, 3.05) is 17.7 Å². The molecule has 0 aliphatic rings. The van der Waals surface area contributed by atoms with Crippen LogP contribution >= 0.6 is 23.4 Å². The normalized spacial score (nSPS) is 10.7. The molecule has 0 aliphatic carbocycles. The van der Waals surface area contributed by atoms with E-state index in [1.807, 2.05) is 41.8 Å². The molecule has 3 rings (SSSR count). The van der Waals surface area contributed by atoms with E-state index < -0.39 is 5.97 Å². The summed E-state index contributed by atoms with van der Waals surface area (Å²) in [6.07, 6.45) is 0.676. The summed E-state index contributed by atoms with van der Waals surface area (Å²) < 4.78 is 6.99. The molecule has 162 valence electrons. The SMILES string of the molecule is CCOC(=O)c1cc(NC(=O)CSc2nnc(Cc3ccccc3)n2CC)ccc1Cl. The summed E-state index contributed by atoms with van der Waals surface area (Å²) in [5.41, 5.74) is 1.84. The van der Waals surface area contributed by atoms with Crippen molar-refractivity contribution in [1.29, 1.82) is 0 Å². The molecular formula is C22H23ClN4O3S. The van der Waals surface area contributed by atoms with Crippen LogP contribution in [0.5, 0.6) is 0 Å². The van der Waals surface area contributed by atoms with Crippen LogP contribution in [0.1, 0.15) is 35.6 Å². The van der Waals surface area contributed by atoms with E-state index in [4.69, 9.17) is 16.3 Å². The number of carbonyl (C=O) groups is 2. The monoisotopic (exact) mass is 458 g/mol. The number of hydrogen-bond donors (Lipinski definition) is 1. The number of carbonyl (C=O) groups excluding carboxylic acids is 2. The van der Waals surface area contributed by atoms with Gasteiger partial charge in [-0.3, -0.25) is 4.79 Å². The second-order valence-corrected chi connectivity index (χ2v) is 7.91. The van der Waals surface area contributed by atoms with Crippen LogP contribution in [0.4, 0.5) is 5.69 Å². The molecule has 31 heavy (non-hydrogen) atoms. The lowest BCUT2D eigenvalue weighted by Crippen LogP contribution is -2.15. The lowest BCUT2D eigenvalue weighted by molar-refractivity contribution is -0.113. The van der Waals surface area contributed by atoms with E-state index >= 15 is 0 Å². The fourth-order valence-electron chi connectivity index (χ4n) is 2.95. The lowest BCUT2D eigenvalue weighted by atomic mass is 10.1. The molecule has 0 spiro atoms. The highest BCUT2D eigenvalue weighted by molar-refractivity contribution is 7.99. The lowest BCUT2D eigenvalue weighted by Gasteiger charge is -2.09. The third-order valence-corrected chi connectivity index (χ3v) is 5.69. The number of nitrogens with one attached hydrogen (secondary N) is 1. The van der Waals surface area contributed by atoms with E-state index in [-0.39, 0.29) is 28.9 Å². The Kier molecular flexibility index (Phi) is 8.08. The summed E-state index contributed by atoms with van der Waals surface area (Å²) in [4.78, 5) is 24.4. The summed E-state index contributed by atoms with van der Waals surface area (Å²) in [6.45, 7) is 4.69. The van der Waals surface area contributed by atoms with Gasteiger partial charge in [-0.2, -0.15) is 0 Å². The molecule has 2 aromatic carbocycles. The Morgan fingerprint density at radius 1 is 1.13 bits per heavy atom. The predicted molar refractivity (Wildman–Crippen MR) is 122 cm³/mol. The molecule has 0 fully saturated rings. The molecule has 0 radical (unpaired) electrons. The topological polar surface area (TPSA) is 86.1 Å². The molecule has 9 heteroatoms. The molecule has 0 unspecified atom stereocenters. The quantitative estimate of drug-likeness (QED) is 0.376. The van der Waals surface area contributed by atoms with Crippen molar-refractivity contribution in [2.24, 2.45) is 0 Å². The van der Waals surface area contributed by atoms with E-state index in [2.05, 4.69) is 15.5 Å². The fraction of sp³-hybridized carbons (Fsp3) is 0.273. The maximum atomic E-state index is 12.4. The average molecular weight is 459 g/mol. The summed E-state index contributed by atoms with van der Waals surface area (Å²) in [6, 6.07) is 14.8. The average Bonchev–Trinajstić information content (AvgIpc) is 3.15. The van der Waals surface area contributed by atoms with Gasteiger partial charge < -0.3 is 14.6 Å². The molecule has 0 aliphatic heterocycles. The van der Waals surface area contributed by atoms with Crippen LogP contribution in [0.3, 0.4) is 0 Å². The molecule has 3 aromatic rings. The second-order valence-electron chi connectivity index (χ2n) is 6.56. The van der Waals surface area contributed by atoms with Crippen molar-refractivity contribution in [2.45, 2.75) is 32.0 Å². The van der Waals surface area contributed by atoms with Gasteiger partial charge in [-0.1, -0.05) is 53.7 Å². The zero-order chi connectivity index (χ0) is 22.2. The highest BCUT2D eigenvalue weighted by Crippen LogP contribution is 2.23. The van der Waals surface area contributed by atoms with Crippen molar-refractivity contribution in [1.82, 2.24) is 14.8 Å². The molecule has 0 saturated carbocycles. The number of esters is 1. The Morgan fingerprint density at radius 3 is 2.61 bits per heavy atom. The number of thioether (sulfide) groups is 1. The zero-order valence-electron chi connectivity index (χ0n) is 17.3. The number of benzene rings is 2. The first-order valence-corrected chi connectivity index (χ1v) is 11.2. The van der Waals surface area contributed by atoms with Crippen molar-refractivity contribution in [3.63, 3.8) is 0 Å². The van der Waals surface area contributed by atoms with E-state index in [1.165, 1.54) is 17.8 Å². The number of hydrogen-bond acceptors (Lipinski definition) is 6. The van der Waals surface area contributed by atoms with Crippen molar-refractivity contribution < 1.29 is 14.3 Å². The number of anilines is 1. The maximum absolute atomic E-state index is 12.4. The van der Waals surface area contributed by atoms with Gasteiger partial charge in [-0.25, -0.2) is 4.79 Å². The third kappa shape index (κ3) is 6.08. The van der Waals surface area contributed by atoms with Crippen LogP contribution in [0.25, 0.3) is 0 Å². The number of aromatic nitrogens is 3. The van der Waals surface area contributed by atoms with E-state index in [0.717, 1.165) is 11.4 Å². The number of nitrogens with zero attached hydrogens (tertiary/aromatic N) is 3. The molecule has 1 heterocycles. The summed E-state index contributed by atoms with van der Waals surface area (Å²) in [5.74, 6) is 0.256. The standard InChI is InChI=1S/C22H23ClN4O3S/c1-3-27-19(12-15-8-6-5-7-9-15)25-26-22(27)31-14-20(28)24-16-10-11-18(23)17(13-16)21(29)30-4-2/h5-11,13H,3-4,12,14H2,1-2H3,(H,24,28). The Labute approximate surface area is 190 Å². The molecule has 0 saturated heterocycles. The minimum Gasteiger partial charge on any atom is -0.462 e. The Bertz CT molecular complexity index is 1060. The van der Waals surface area contributed by atoms with E-state index in [9.17, 15) is 9.59 Å². The van der Waals surface area contributed by atoms with Gasteiger partial charge in [0.25, 0.3) is 0 Å². The molecule has 7 nitrogen and oxygen atoms in total. The minimum absolute atomic E-state index is 0.154. The van der Waals surface area contributed by atoms with Crippen molar-refractivity contribution >= 4 is 40.9 Å². The molecule has 0 atom stereocenters. The van der Waals surface area contributed by atoms with Gasteiger partial charge in [-0.05, 0) is 37.6 Å². The fourth-order valence-corrected chi connectivity index (χ4v) is 3.96. The van der Waals surface area contributed by atoms with Crippen LogP contribution in [0, 0.1) is 0 Å². The molecule has 1 aromatic heterocycles. The molecule has 0 bridgehead atoms. The Morgan fingerprint density at radius 2 is 1.90 bits per heavy atom. The molecular weight excluding hydrogens is 436 g/mol. The summed E-state index contributed by atoms with van der Waals surface area (Å²) in [5, 5.41) is 12.3. The number of rotatable bonds is 9.